The molecule has 2 atom stereocenters. The average molecular weight is 465 g/mol. The first kappa shape index (κ1) is 22.2. The number of piperazine rings is 1. The third kappa shape index (κ3) is 4.11. The molecular formula is C22H27Cl2FN6. The predicted molar refractivity (Wildman–Crippen MR) is 123 cm³/mol. The standard InChI is InChI=1S/C22H27Cl2FN6/c1-12(2)19(15-6-7-16(23)17(25)10-15)30-8-9-31(13(3)11-30)21-18-20(27-22(24)28-21)29(5)14(4)26-18/h6-7,10,12-13,19H,8-9,11H2,1-5H3. The molecule has 1 aliphatic heterocycles. The number of benzene rings is 1. The normalized spacial score (nSPS) is 18.9. The Kier molecular flexibility index (Phi) is 6.12. The van der Waals surface area contributed by atoms with Crippen molar-refractivity contribution in [3.63, 3.8) is 0 Å². The monoisotopic (exact) mass is 464 g/mol. The van der Waals surface area contributed by atoms with Crippen molar-refractivity contribution < 1.29 is 4.39 Å². The van der Waals surface area contributed by atoms with Gasteiger partial charge in [0.25, 0.3) is 0 Å². The summed E-state index contributed by atoms with van der Waals surface area (Å²) in [7, 11) is 1.93. The second-order valence-corrected chi connectivity index (χ2v) is 9.35. The van der Waals surface area contributed by atoms with Crippen LogP contribution in [0.4, 0.5) is 10.2 Å². The molecule has 166 valence electrons. The fourth-order valence-electron chi connectivity index (χ4n) is 4.60. The number of halogens is 3. The molecule has 3 heterocycles. The number of rotatable bonds is 4. The molecule has 31 heavy (non-hydrogen) atoms. The zero-order chi connectivity index (χ0) is 22.4. The summed E-state index contributed by atoms with van der Waals surface area (Å²) in [5.41, 5.74) is 2.45. The number of anilines is 1. The van der Waals surface area contributed by atoms with E-state index in [2.05, 4.69) is 45.5 Å². The largest absolute Gasteiger partial charge is 0.349 e. The molecule has 0 radical (unpaired) electrons. The third-order valence-corrected chi connectivity index (χ3v) is 6.61. The van der Waals surface area contributed by atoms with Gasteiger partial charge in [-0.2, -0.15) is 9.97 Å². The lowest BCUT2D eigenvalue weighted by molar-refractivity contribution is 0.129. The number of aryl methyl sites for hydroxylation is 2. The lowest BCUT2D eigenvalue weighted by Gasteiger charge is -2.45. The number of hydrogen-bond donors (Lipinski definition) is 0. The molecule has 2 unspecified atom stereocenters. The lowest BCUT2D eigenvalue weighted by Crippen LogP contribution is -2.54. The van der Waals surface area contributed by atoms with E-state index >= 15 is 0 Å². The van der Waals surface area contributed by atoms with Crippen LogP contribution in [0.3, 0.4) is 0 Å². The number of nitrogens with zero attached hydrogens (tertiary/aromatic N) is 6. The van der Waals surface area contributed by atoms with E-state index in [0.717, 1.165) is 48.0 Å². The van der Waals surface area contributed by atoms with Gasteiger partial charge in [0.2, 0.25) is 5.28 Å². The van der Waals surface area contributed by atoms with Crippen molar-refractivity contribution in [2.75, 3.05) is 24.5 Å². The van der Waals surface area contributed by atoms with Gasteiger partial charge >= 0.3 is 0 Å². The summed E-state index contributed by atoms with van der Waals surface area (Å²) in [4.78, 5) is 18.2. The first-order valence-corrected chi connectivity index (χ1v) is 11.2. The van der Waals surface area contributed by atoms with E-state index in [9.17, 15) is 4.39 Å². The van der Waals surface area contributed by atoms with Crippen LogP contribution in [0.2, 0.25) is 10.3 Å². The van der Waals surface area contributed by atoms with Gasteiger partial charge in [0, 0.05) is 38.8 Å². The molecule has 1 aromatic carbocycles. The number of imidazole rings is 1. The minimum absolute atomic E-state index is 0.0995. The fraction of sp³-hybridized carbons (Fsp3) is 0.500. The summed E-state index contributed by atoms with van der Waals surface area (Å²) in [5.74, 6) is 1.58. The van der Waals surface area contributed by atoms with E-state index in [1.54, 1.807) is 12.1 Å². The van der Waals surface area contributed by atoms with E-state index in [1.165, 1.54) is 0 Å². The second-order valence-electron chi connectivity index (χ2n) is 8.61. The molecule has 6 nitrogen and oxygen atoms in total. The van der Waals surface area contributed by atoms with Crippen molar-refractivity contribution in [3.8, 4) is 0 Å². The maximum Gasteiger partial charge on any atom is 0.226 e. The van der Waals surface area contributed by atoms with Gasteiger partial charge in [-0.05, 0) is 49.1 Å². The molecular weight excluding hydrogens is 438 g/mol. The van der Waals surface area contributed by atoms with Crippen molar-refractivity contribution >= 4 is 40.2 Å². The molecule has 0 amide bonds. The van der Waals surface area contributed by atoms with E-state index in [4.69, 9.17) is 23.2 Å². The Morgan fingerprint density at radius 2 is 1.87 bits per heavy atom. The minimum atomic E-state index is -0.375. The van der Waals surface area contributed by atoms with Gasteiger partial charge < -0.3 is 9.47 Å². The van der Waals surface area contributed by atoms with Gasteiger partial charge in [-0.15, -0.1) is 0 Å². The highest BCUT2D eigenvalue weighted by Crippen LogP contribution is 2.34. The van der Waals surface area contributed by atoms with E-state index < -0.39 is 0 Å². The van der Waals surface area contributed by atoms with Crippen LogP contribution in [0.15, 0.2) is 18.2 Å². The molecule has 0 bridgehead atoms. The first-order chi connectivity index (χ1) is 14.7. The topological polar surface area (TPSA) is 50.1 Å². The molecule has 0 spiro atoms. The van der Waals surface area contributed by atoms with Crippen LogP contribution in [0.25, 0.3) is 11.2 Å². The molecule has 4 rings (SSSR count). The van der Waals surface area contributed by atoms with Crippen molar-refractivity contribution in [2.45, 2.75) is 39.8 Å². The van der Waals surface area contributed by atoms with Crippen LogP contribution in [0, 0.1) is 18.7 Å². The predicted octanol–water partition coefficient (Wildman–Crippen LogP) is 5.03. The highest BCUT2D eigenvalue weighted by molar-refractivity contribution is 6.30. The summed E-state index contributed by atoms with van der Waals surface area (Å²) < 4.78 is 16.1. The lowest BCUT2D eigenvalue weighted by atomic mass is 9.93. The molecule has 9 heteroatoms. The Morgan fingerprint density at radius 3 is 2.52 bits per heavy atom. The fourth-order valence-corrected chi connectivity index (χ4v) is 4.87. The number of fused-ring (bicyclic) bond motifs is 1. The Labute approximate surface area is 192 Å². The summed E-state index contributed by atoms with van der Waals surface area (Å²) in [5, 5.41) is 0.372. The van der Waals surface area contributed by atoms with E-state index in [0.29, 0.717) is 5.92 Å². The van der Waals surface area contributed by atoms with Crippen LogP contribution in [-0.2, 0) is 7.05 Å². The van der Waals surface area contributed by atoms with Crippen LogP contribution < -0.4 is 4.90 Å². The average Bonchev–Trinajstić information content (AvgIpc) is 2.98. The zero-order valence-corrected chi connectivity index (χ0v) is 19.9. The molecule has 2 aromatic heterocycles. The van der Waals surface area contributed by atoms with Gasteiger partial charge in [0.05, 0.1) is 5.02 Å². The number of aromatic nitrogens is 4. The molecule has 0 aliphatic carbocycles. The minimum Gasteiger partial charge on any atom is -0.349 e. The van der Waals surface area contributed by atoms with Crippen LogP contribution in [0.1, 0.15) is 38.2 Å². The van der Waals surface area contributed by atoms with E-state index in [1.807, 2.05) is 24.6 Å². The molecule has 0 saturated carbocycles. The van der Waals surface area contributed by atoms with Gasteiger partial charge in [-0.1, -0.05) is 31.5 Å². The summed E-state index contributed by atoms with van der Waals surface area (Å²) >= 11 is 12.2. The van der Waals surface area contributed by atoms with Crippen molar-refractivity contribution in [1.82, 2.24) is 24.4 Å². The quantitative estimate of drug-likeness (QED) is 0.507. The van der Waals surface area contributed by atoms with Gasteiger partial charge in [0.15, 0.2) is 17.0 Å². The molecule has 1 fully saturated rings. The van der Waals surface area contributed by atoms with Crippen LogP contribution in [0.5, 0.6) is 0 Å². The van der Waals surface area contributed by atoms with Gasteiger partial charge in [0.1, 0.15) is 11.6 Å². The Bertz CT molecular complexity index is 1120. The SMILES string of the molecule is Cc1nc2c(N3CCN(C(c4ccc(Cl)c(F)c4)C(C)C)CC3C)nc(Cl)nc2n1C. The Morgan fingerprint density at radius 1 is 1.13 bits per heavy atom. The first-order valence-electron chi connectivity index (χ1n) is 10.5. The van der Waals surface area contributed by atoms with Gasteiger partial charge in [-0.25, -0.2) is 9.37 Å². The molecule has 3 aromatic rings. The summed E-state index contributed by atoms with van der Waals surface area (Å²) in [6.07, 6.45) is 0. The van der Waals surface area contributed by atoms with Crippen molar-refractivity contribution in [1.29, 1.82) is 0 Å². The Hall–Kier alpha value is -1.96. The zero-order valence-electron chi connectivity index (χ0n) is 18.4. The highest BCUT2D eigenvalue weighted by Gasteiger charge is 2.33. The highest BCUT2D eigenvalue weighted by atomic mass is 35.5. The molecule has 1 aliphatic rings. The second kappa shape index (κ2) is 8.52. The Balaban J connectivity index is 1.63. The summed E-state index contributed by atoms with van der Waals surface area (Å²) in [6.45, 7) is 10.8. The number of hydrogen-bond acceptors (Lipinski definition) is 5. The molecule has 1 saturated heterocycles. The van der Waals surface area contributed by atoms with Crippen molar-refractivity contribution in [2.24, 2.45) is 13.0 Å². The third-order valence-electron chi connectivity index (χ3n) is 6.14. The smallest absolute Gasteiger partial charge is 0.226 e. The maximum atomic E-state index is 14.2. The van der Waals surface area contributed by atoms with Crippen molar-refractivity contribution in [3.05, 3.63) is 45.7 Å². The van der Waals surface area contributed by atoms with Crippen LogP contribution in [-0.4, -0.2) is 50.1 Å². The molecule has 0 N–H and O–H groups in total. The van der Waals surface area contributed by atoms with Gasteiger partial charge in [-0.3, -0.25) is 4.90 Å². The van der Waals surface area contributed by atoms with Crippen LogP contribution >= 0.6 is 23.2 Å². The maximum absolute atomic E-state index is 14.2. The summed E-state index contributed by atoms with van der Waals surface area (Å²) in [6, 6.07) is 5.40. The van der Waals surface area contributed by atoms with E-state index in [-0.39, 0.29) is 28.2 Å².